The number of nitrogens with zero attached hydrogens (tertiary/aromatic N) is 2. The van der Waals surface area contributed by atoms with Gasteiger partial charge in [-0.15, -0.1) is 12.4 Å². The highest BCUT2D eigenvalue weighted by molar-refractivity contribution is 9.10. The lowest BCUT2D eigenvalue weighted by atomic mass is 9.94. The number of nitrogens with one attached hydrogen (secondary N) is 1. The third-order valence-electron chi connectivity index (χ3n) is 4.16. The standard InChI is InChI=1S/C16H23BrN4O2.ClH/c1-10(2)14(18)16(23)21-7-5-11(6-8-21)15(22)20-13-4-3-12(17)9-19-13;/h3-4,9-11,14H,5-8,18H2,1-2H3,(H,19,20,22);1H/t14-;/m0./s1. The summed E-state index contributed by atoms with van der Waals surface area (Å²) < 4.78 is 0.865. The van der Waals surface area contributed by atoms with E-state index in [-0.39, 0.29) is 36.1 Å². The van der Waals surface area contributed by atoms with Gasteiger partial charge in [0.05, 0.1) is 6.04 Å². The van der Waals surface area contributed by atoms with Crippen LogP contribution in [0.25, 0.3) is 0 Å². The van der Waals surface area contributed by atoms with E-state index in [1.165, 1.54) is 0 Å². The first-order valence-electron chi connectivity index (χ1n) is 7.85. The Bertz CT molecular complexity index is 560. The van der Waals surface area contributed by atoms with Crippen LogP contribution in [-0.2, 0) is 9.59 Å². The maximum atomic E-state index is 12.3. The van der Waals surface area contributed by atoms with E-state index in [1.54, 1.807) is 17.2 Å². The monoisotopic (exact) mass is 418 g/mol. The molecule has 2 heterocycles. The Hall–Kier alpha value is -1.18. The molecule has 1 aromatic rings. The molecular weight excluding hydrogens is 396 g/mol. The van der Waals surface area contributed by atoms with Gasteiger partial charge < -0.3 is 16.0 Å². The first-order chi connectivity index (χ1) is 10.9. The summed E-state index contributed by atoms with van der Waals surface area (Å²) in [5.74, 6) is 0.499. The number of pyridine rings is 1. The average Bonchev–Trinajstić information content (AvgIpc) is 2.55. The number of halogens is 2. The van der Waals surface area contributed by atoms with Gasteiger partial charge in [-0.05, 0) is 46.8 Å². The van der Waals surface area contributed by atoms with Gasteiger partial charge in [0.15, 0.2) is 0 Å². The molecule has 1 saturated heterocycles. The summed E-state index contributed by atoms with van der Waals surface area (Å²) in [6.07, 6.45) is 2.95. The normalized spacial score (nSPS) is 16.5. The van der Waals surface area contributed by atoms with Gasteiger partial charge in [-0.1, -0.05) is 13.8 Å². The molecular formula is C16H24BrClN4O2. The fourth-order valence-corrected chi connectivity index (χ4v) is 2.77. The molecule has 1 fully saturated rings. The van der Waals surface area contributed by atoms with Gasteiger partial charge in [0.1, 0.15) is 5.82 Å². The Balaban J connectivity index is 0.00000288. The van der Waals surface area contributed by atoms with Crippen LogP contribution in [0.2, 0.25) is 0 Å². The maximum absolute atomic E-state index is 12.3. The molecule has 8 heteroatoms. The van der Waals surface area contributed by atoms with Crippen molar-refractivity contribution in [2.24, 2.45) is 17.6 Å². The Kier molecular flexibility index (Phi) is 8.12. The van der Waals surface area contributed by atoms with Crippen LogP contribution in [0.1, 0.15) is 26.7 Å². The average molecular weight is 420 g/mol. The molecule has 0 aromatic carbocycles. The minimum absolute atomic E-state index is 0. The minimum atomic E-state index is -0.465. The molecule has 1 atom stereocenters. The predicted octanol–water partition coefficient (Wildman–Crippen LogP) is 2.43. The molecule has 0 bridgehead atoms. The second-order valence-corrected chi connectivity index (χ2v) is 7.14. The van der Waals surface area contributed by atoms with E-state index in [0.29, 0.717) is 31.7 Å². The van der Waals surface area contributed by atoms with Gasteiger partial charge in [-0.3, -0.25) is 9.59 Å². The third kappa shape index (κ3) is 5.43. The second kappa shape index (κ2) is 9.34. The van der Waals surface area contributed by atoms with E-state index < -0.39 is 6.04 Å². The molecule has 0 unspecified atom stereocenters. The SMILES string of the molecule is CC(C)[C@H](N)C(=O)N1CCC(C(=O)Nc2ccc(Br)cn2)CC1.Cl. The van der Waals surface area contributed by atoms with Gasteiger partial charge >= 0.3 is 0 Å². The Morgan fingerprint density at radius 3 is 2.46 bits per heavy atom. The Labute approximate surface area is 157 Å². The summed E-state index contributed by atoms with van der Waals surface area (Å²) in [5, 5.41) is 2.82. The molecule has 0 saturated carbocycles. The Morgan fingerprint density at radius 1 is 1.33 bits per heavy atom. The van der Waals surface area contributed by atoms with Gasteiger partial charge in [0, 0.05) is 29.7 Å². The number of piperidine rings is 1. The number of amides is 2. The number of aromatic nitrogens is 1. The summed E-state index contributed by atoms with van der Waals surface area (Å²) in [7, 11) is 0. The van der Waals surface area contributed by atoms with Crippen molar-refractivity contribution in [2.45, 2.75) is 32.7 Å². The number of carbonyl (C=O) groups is 2. The highest BCUT2D eigenvalue weighted by Gasteiger charge is 2.30. The zero-order valence-electron chi connectivity index (χ0n) is 13.9. The van der Waals surface area contributed by atoms with Crippen LogP contribution in [0, 0.1) is 11.8 Å². The van der Waals surface area contributed by atoms with Crippen LogP contribution in [0.3, 0.4) is 0 Å². The highest BCUT2D eigenvalue weighted by atomic mass is 79.9. The lowest BCUT2D eigenvalue weighted by Gasteiger charge is -2.33. The van der Waals surface area contributed by atoms with Crippen molar-refractivity contribution in [1.82, 2.24) is 9.88 Å². The van der Waals surface area contributed by atoms with Crippen molar-refractivity contribution in [2.75, 3.05) is 18.4 Å². The van der Waals surface area contributed by atoms with Crippen molar-refractivity contribution < 1.29 is 9.59 Å². The van der Waals surface area contributed by atoms with Crippen LogP contribution >= 0.6 is 28.3 Å². The van der Waals surface area contributed by atoms with Crippen LogP contribution in [-0.4, -0.2) is 40.8 Å². The van der Waals surface area contributed by atoms with Crippen LogP contribution in [0.15, 0.2) is 22.8 Å². The summed E-state index contributed by atoms with van der Waals surface area (Å²) in [5.41, 5.74) is 5.92. The summed E-state index contributed by atoms with van der Waals surface area (Å²) in [6.45, 7) is 5.03. The number of hydrogen-bond donors (Lipinski definition) is 2. The topological polar surface area (TPSA) is 88.3 Å². The number of carbonyl (C=O) groups excluding carboxylic acids is 2. The van der Waals surface area contributed by atoms with Crippen molar-refractivity contribution >= 4 is 46.0 Å². The van der Waals surface area contributed by atoms with Crippen molar-refractivity contribution in [3.05, 3.63) is 22.8 Å². The maximum Gasteiger partial charge on any atom is 0.239 e. The summed E-state index contributed by atoms with van der Waals surface area (Å²) in [6, 6.07) is 3.12. The molecule has 1 aliphatic rings. The quantitative estimate of drug-likeness (QED) is 0.784. The van der Waals surface area contributed by atoms with E-state index in [4.69, 9.17) is 5.73 Å². The molecule has 0 spiro atoms. The molecule has 0 radical (unpaired) electrons. The van der Waals surface area contributed by atoms with Crippen LogP contribution in [0.5, 0.6) is 0 Å². The molecule has 1 aliphatic heterocycles. The molecule has 6 nitrogen and oxygen atoms in total. The lowest BCUT2D eigenvalue weighted by Crippen LogP contribution is -2.50. The van der Waals surface area contributed by atoms with Gasteiger partial charge in [-0.25, -0.2) is 4.98 Å². The Morgan fingerprint density at radius 2 is 1.96 bits per heavy atom. The largest absolute Gasteiger partial charge is 0.341 e. The number of rotatable bonds is 4. The van der Waals surface area contributed by atoms with Gasteiger partial charge in [0.25, 0.3) is 0 Å². The number of hydrogen-bond acceptors (Lipinski definition) is 4. The molecule has 1 aromatic heterocycles. The predicted molar refractivity (Wildman–Crippen MR) is 99.9 cm³/mol. The fraction of sp³-hybridized carbons (Fsp3) is 0.562. The molecule has 2 amide bonds. The first-order valence-corrected chi connectivity index (χ1v) is 8.64. The minimum Gasteiger partial charge on any atom is -0.341 e. The van der Waals surface area contributed by atoms with Crippen molar-refractivity contribution in [3.63, 3.8) is 0 Å². The van der Waals surface area contributed by atoms with E-state index in [2.05, 4.69) is 26.2 Å². The third-order valence-corrected chi connectivity index (χ3v) is 4.63. The smallest absolute Gasteiger partial charge is 0.239 e. The van der Waals surface area contributed by atoms with Crippen molar-refractivity contribution in [1.29, 1.82) is 0 Å². The van der Waals surface area contributed by atoms with Crippen LogP contribution < -0.4 is 11.1 Å². The number of likely N-dealkylation sites (tertiary alicyclic amines) is 1. The number of nitrogens with two attached hydrogens (primary N) is 1. The number of anilines is 1. The second-order valence-electron chi connectivity index (χ2n) is 6.22. The van der Waals surface area contributed by atoms with E-state index >= 15 is 0 Å². The van der Waals surface area contributed by atoms with E-state index in [9.17, 15) is 9.59 Å². The molecule has 0 aliphatic carbocycles. The van der Waals surface area contributed by atoms with Crippen LogP contribution in [0.4, 0.5) is 5.82 Å². The summed E-state index contributed by atoms with van der Waals surface area (Å²) >= 11 is 3.31. The fourth-order valence-electron chi connectivity index (χ4n) is 2.54. The van der Waals surface area contributed by atoms with Gasteiger partial charge in [-0.2, -0.15) is 0 Å². The molecule has 24 heavy (non-hydrogen) atoms. The highest BCUT2D eigenvalue weighted by Crippen LogP contribution is 2.20. The lowest BCUT2D eigenvalue weighted by molar-refractivity contribution is -0.136. The zero-order valence-corrected chi connectivity index (χ0v) is 16.3. The van der Waals surface area contributed by atoms with E-state index in [0.717, 1.165) is 4.47 Å². The molecule has 2 rings (SSSR count). The van der Waals surface area contributed by atoms with E-state index in [1.807, 2.05) is 19.9 Å². The zero-order chi connectivity index (χ0) is 17.0. The van der Waals surface area contributed by atoms with Gasteiger partial charge in [0.2, 0.25) is 11.8 Å². The molecule has 3 N–H and O–H groups in total. The first kappa shape index (κ1) is 20.9. The molecule has 134 valence electrons. The summed E-state index contributed by atoms with van der Waals surface area (Å²) in [4.78, 5) is 30.4. The van der Waals surface area contributed by atoms with Crippen molar-refractivity contribution in [3.8, 4) is 0 Å².